The van der Waals surface area contributed by atoms with Crippen LogP contribution in [0.2, 0.25) is 0 Å². The van der Waals surface area contributed by atoms with E-state index in [2.05, 4.69) is 98.2 Å². The highest BCUT2D eigenvalue weighted by atomic mass is 15.1. The van der Waals surface area contributed by atoms with Gasteiger partial charge in [-0.1, -0.05) is 37.3 Å². The van der Waals surface area contributed by atoms with Crippen LogP contribution in [0.4, 0.5) is 0 Å². The van der Waals surface area contributed by atoms with Crippen LogP contribution in [0.1, 0.15) is 18.1 Å². The molecule has 6 N–H and O–H groups in total. The van der Waals surface area contributed by atoms with Gasteiger partial charge in [0.15, 0.2) is 18.9 Å². The summed E-state index contributed by atoms with van der Waals surface area (Å²) in [6, 6.07) is 15.3. The molecule has 5 rings (SSSR count). The fourth-order valence-electron chi connectivity index (χ4n) is 5.08. The number of hydrogen-bond acceptors (Lipinski definition) is 6. The molecule has 0 atom stereocenters. The van der Waals surface area contributed by atoms with Gasteiger partial charge < -0.3 is 31.9 Å². The van der Waals surface area contributed by atoms with Crippen LogP contribution in [0.3, 0.4) is 0 Å². The van der Waals surface area contributed by atoms with Gasteiger partial charge in [0.1, 0.15) is 0 Å². The van der Waals surface area contributed by atoms with Crippen LogP contribution in [-0.2, 0) is 12.0 Å². The Morgan fingerprint density at radius 3 is 1.53 bits per heavy atom. The Bertz CT molecular complexity index is 796. The first-order chi connectivity index (χ1) is 16.7. The maximum absolute atomic E-state index is 3.77. The highest BCUT2D eigenvalue weighted by Gasteiger charge is 2.33. The van der Waals surface area contributed by atoms with Gasteiger partial charge in [0.25, 0.3) is 0 Å². The van der Waals surface area contributed by atoms with Gasteiger partial charge in [0.05, 0.1) is 0 Å². The second-order valence-electron chi connectivity index (χ2n) is 10.4. The van der Waals surface area contributed by atoms with E-state index in [1.54, 1.807) is 0 Å². The molecule has 0 amide bonds. The number of rotatable bonds is 3. The zero-order valence-corrected chi connectivity index (χ0v) is 20.8. The van der Waals surface area contributed by atoms with E-state index < -0.39 is 0 Å². The number of nitrogens with one attached hydrogen (secondary N) is 6. The largest absolute Gasteiger partial charge is 0.315 e. The highest BCUT2D eigenvalue weighted by molar-refractivity contribution is 5.25. The summed E-state index contributed by atoms with van der Waals surface area (Å²) in [4.78, 5) is 0. The second-order valence-corrected chi connectivity index (χ2v) is 10.4. The summed E-state index contributed by atoms with van der Waals surface area (Å²) < 4.78 is 2.27. The van der Waals surface area contributed by atoms with Crippen LogP contribution in [0, 0.1) is 5.41 Å². The lowest BCUT2D eigenvalue weighted by Crippen LogP contribution is -2.56. The monoisotopic (exact) mass is 466 g/mol. The third kappa shape index (κ3) is 7.31. The van der Waals surface area contributed by atoms with Gasteiger partial charge in [-0.2, -0.15) is 0 Å². The van der Waals surface area contributed by atoms with Crippen molar-refractivity contribution >= 4 is 0 Å². The molecule has 0 saturated carbocycles. The van der Waals surface area contributed by atoms with Crippen molar-refractivity contribution in [2.75, 3.05) is 78.5 Å². The number of aromatic nitrogens is 1. The Morgan fingerprint density at radius 2 is 1.06 bits per heavy atom. The third-order valence-corrected chi connectivity index (χ3v) is 7.19. The van der Waals surface area contributed by atoms with Crippen molar-refractivity contribution in [3.05, 3.63) is 66.0 Å². The lowest BCUT2D eigenvalue weighted by atomic mass is 9.80. The zero-order valence-electron chi connectivity index (χ0n) is 20.8. The molecule has 3 aliphatic rings. The Kier molecular flexibility index (Phi) is 9.44. The smallest absolute Gasteiger partial charge is 0.173 e. The Labute approximate surface area is 205 Å². The molecule has 1 aromatic carbocycles. The molecule has 7 nitrogen and oxygen atoms in total. The molecule has 0 unspecified atom stereocenters. The van der Waals surface area contributed by atoms with E-state index in [0.717, 1.165) is 85.1 Å². The van der Waals surface area contributed by atoms with E-state index in [4.69, 9.17) is 0 Å². The minimum Gasteiger partial charge on any atom is -0.315 e. The van der Waals surface area contributed by atoms with Crippen LogP contribution < -0.4 is 36.5 Å². The summed E-state index contributed by atoms with van der Waals surface area (Å²) in [6.07, 6.45) is 4.47. The molecule has 0 spiro atoms. The van der Waals surface area contributed by atoms with Gasteiger partial charge in [0, 0.05) is 107 Å². The van der Waals surface area contributed by atoms with Crippen molar-refractivity contribution in [1.29, 1.82) is 0 Å². The Hall–Kier alpha value is -1.87. The number of nitrogens with zero attached hydrogens (tertiary/aromatic N) is 1. The van der Waals surface area contributed by atoms with Crippen molar-refractivity contribution in [1.82, 2.24) is 31.9 Å². The standard InChI is InChI=1S/C27H44N7/c1-26-18-28-9-12-31-21-27(22-32-13-10-29-19-26,23-33-14-11-30-20-26)25-7-15-34(16-8-25)17-24-5-3-2-4-6-24/h2-8,15-16,28-33H,9-14,17-23H2,1H3/q+1. The van der Waals surface area contributed by atoms with Crippen molar-refractivity contribution in [2.45, 2.75) is 18.9 Å². The summed E-state index contributed by atoms with van der Waals surface area (Å²) in [5.74, 6) is 0. The number of pyridine rings is 1. The van der Waals surface area contributed by atoms with Crippen LogP contribution >= 0.6 is 0 Å². The van der Waals surface area contributed by atoms with E-state index in [0.29, 0.717) is 0 Å². The van der Waals surface area contributed by atoms with E-state index in [-0.39, 0.29) is 10.8 Å². The molecule has 4 heterocycles. The highest BCUT2D eigenvalue weighted by Crippen LogP contribution is 2.22. The maximum Gasteiger partial charge on any atom is 0.173 e. The first-order valence-corrected chi connectivity index (χ1v) is 13.0. The molecule has 2 aromatic rings. The van der Waals surface area contributed by atoms with Crippen LogP contribution in [-0.4, -0.2) is 78.5 Å². The molecule has 7 heteroatoms. The molecule has 186 valence electrons. The van der Waals surface area contributed by atoms with Crippen LogP contribution in [0.5, 0.6) is 0 Å². The SMILES string of the molecule is CC12CNCCNCC(c3cc[n+](Cc4ccccc4)cc3)(CNCCNC1)CNCCNC2. The van der Waals surface area contributed by atoms with Gasteiger partial charge >= 0.3 is 0 Å². The fraction of sp³-hybridized carbons (Fsp3) is 0.593. The topological polar surface area (TPSA) is 76.1 Å². The van der Waals surface area contributed by atoms with Gasteiger partial charge in [-0.15, -0.1) is 0 Å². The fourth-order valence-corrected chi connectivity index (χ4v) is 5.08. The van der Waals surface area contributed by atoms with Gasteiger partial charge in [0.2, 0.25) is 0 Å². The lowest BCUT2D eigenvalue weighted by molar-refractivity contribution is -0.688. The summed E-state index contributed by atoms with van der Waals surface area (Å²) >= 11 is 0. The van der Waals surface area contributed by atoms with Crippen molar-refractivity contribution in [2.24, 2.45) is 5.41 Å². The number of fused-ring (bicyclic) bond motifs is 15. The van der Waals surface area contributed by atoms with E-state index in [9.17, 15) is 0 Å². The Balaban J connectivity index is 1.53. The summed E-state index contributed by atoms with van der Waals surface area (Å²) in [5.41, 5.74) is 2.89. The molecule has 1 aromatic heterocycles. The van der Waals surface area contributed by atoms with Crippen molar-refractivity contribution in [3.8, 4) is 0 Å². The summed E-state index contributed by atoms with van der Waals surface area (Å²) in [5, 5.41) is 22.4. The summed E-state index contributed by atoms with van der Waals surface area (Å²) in [7, 11) is 0. The Morgan fingerprint density at radius 1 is 0.618 bits per heavy atom. The normalized spacial score (nSPS) is 28.1. The molecule has 34 heavy (non-hydrogen) atoms. The molecular formula is C27H44N7+. The zero-order chi connectivity index (χ0) is 23.5. The van der Waals surface area contributed by atoms with E-state index in [1.165, 1.54) is 11.1 Å². The predicted octanol–water partition coefficient (Wildman–Crippen LogP) is -0.169. The van der Waals surface area contributed by atoms with Gasteiger partial charge in [-0.3, -0.25) is 0 Å². The molecule has 3 saturated heterocycles. The van der Waals surface area contributed by atoms with Crippen molar-refractivity contribution in [3.63, 3.8) is 0 Å². The van der Waals surface area contributed by atoms with Gasteiger partial charge in [-0.05, 0) is 5.56 Å². The molecule has 3 fully saturated rings. The van der Waals surface area contributed by atoms with Crippen LogP contribution in [0.15, 0.2) is 54.9 Å². The first-order valence-electron chi connectivity index (χ1n) is 13.0. The summed E-state index contributed by atoms with van der Waals surface area (Å²) in [6.45, 7) is 15.0. The van der Waals surface area contributed by atoms with E-state index >= 15 is 0 Å². The average molecular weight is 467 g/mol. The second kappa shape index (κ2) is 12.7. The first kappa shape index (κ1) is 25.2. The van der Waals surface area contributed by atoms with Gasteiger partial charge in [-0.25, -0.2) is 4.57 Å². The van der Waals surface area contributed by atoms with E-state index in [1.807, 2.05) is 0 Å². The molecule has 3 aliphatic heterocycles. The molecule has 0 radical (unpaired) electrons. The minimum atomic E-state index is -0.0193. The number of hydrogen-bond donors (Lipinski definition) is 6. The molecule has 0 aliphatic carbocycles. The molecular weight excluding hydrogens is 422 g/mol. The third-order valence-electron chi connectivity index (χ3n) is 7.19. The minimum absolute atomic E-state index is 0.0193. The quantitative estimate of drug-likeness (QED) is 0.353. The maximum atomic E-state index is 3.77. The molecule has 2 bridgehead atoms. The lowest BCUT2D eigenvalue weighted by Gasteiger charge is -2.37. The predicted molar refractivity (Wildman–Crippen MR) is 139 cm³/mol. The van der Waals surface area contributed by atoms with Crippen molar-refractivity contribution < 1.29 is 4.57 Å². The number of benzene rings is 1. The van der Waals surface area contributed by atoms with Crippen LogP contribution in [0.25, 0.3) is 0 Å². The average Bonchev–Trinajstić information content (AvgIpc) is 2.86.